The maximum Gasteiger partial charge on any atom is 0.161 e. The van der Waals surface area contributed by atoms with E-state index in [2.05, 4.69) is 24.3 Å². The fraction of sp³-hybridized carbons (Fsp3) is 0.786. The van der Waals surface area contributed by atoms with Crippen molar-refractivity contribution in [1.82, 2.24) is 15.1 Å². The minimum atomic E-state index is -0.130. The third kappa shape index (κ3) is 2.25. The second-order valence-corrected chi connectivity index (χ2v) is 5.48. The van der Waals surface area contributed by atoms with E-state index < -0.39 is 0 Å². The average Bonchev–Trinajstić information content (AvgIpc) is 2.77. The van der Waals surface area contributed by atoms with Crippen LogP contribution in [-0.4, -0.2) is 36.6 Å². The molecule has 5 nitrogen and oxygen atoms in total. The van der Waals surface area contributed by atoms with E-state index >= 15 is 0 Å². The van der Waals surface area contributed by atoms with Crippen LogP contribution in [0.3, 0.4) is 0 Å². The first-order chi connectivity index (χ1) is 9.09. The molecule has 0 aliphatic heterocycles. The molecular weight excluding hydrogens is 242 g/mol. The van der Waals surface area contributed by atoms with Crippen molar-refractivity contribution in [1.29, 1.82) is 0 Å². The van der Waals surface area contributed by atoms with Gasteiger partial charge in [0.1, 0.15) is 5.69 Å². The molecule has 1 aliphatic carbocycles. The molecule has 1 N–H and O–H groups in total. The summed E-state index contributed by atoms with van der Waals surface area (Å²) in [6.07, 6.45) is 5.15. The zero-order valence-electron chi connectivity index (χ0n) is 12.6. The lowest BCUT2D eigenvalue weighted by atomic mass is 9.73. The van der Waals surface area contributed by atoms with Gasteiger partial charge in [0.25, 0.3) is 0 Å². The van der Waals surface area contributed by atoms with Crippen LogP contribution in [-0.2, 0) is 4.74 Å². The highest BCUT2D eigenvalue weighted by Gasteiger charge is 2.47. The maximum absolute atomic E-state index is 5.83. The van der Waals surface area contributed by atoms with E-state index in [0.29, 0.717) is 6.04 Å². The van der Waals surface area contributed by atoms with Gasteiger partial charge in [-0.15, -0.1) is 0 Å². The van der Waals surface area contributed by atoms with Crippen LogP contribution in [0.2, 0.25) is 0 Å². The van der Waals surface area contributed by atoms with Gasteiger partial charge in [-0.2, -0.15) is 5.10 Å². The number of nitrogens with one attached hydrogen (secondary N) is 1. The Bertz CT molecular complexity index is 419. The van der Waals surface area contributed by atoms with Crippen molar-refractivity contribution in [2.45, 2.75) is 50.8 Å². The van der Waals surface area contributed by atoms with Crippen LogP contribution in [0, 0.1) is 0 Å². The normalized spacial score (nSPS) is 19.3. The molecule has 0 saturated heterocycles. The second-order valence-electron chi connectivity index (χ2n) is 5.48. The summed E-state index contributed by atoms with van der Waals surface area (Å²) in [4.78, 5) is 0. The van der Waals surface area contributed by atoms with Crippen LogP contribution in [0.15, 0.2) is 6.20 Å². The molecule has 0 amide bonds. The zero-order chi connectivity index (χ0) is 14.0. The first kappa shape index (κ1) is 14.3. The highest BCUT2D eigenvalue weighted by atomic mass is 16.5. The minimum Gasteiger partial charge on any atom is -0.493 e. The van der Waals surface area contributed by atoms with Crippen molar-refractivity contribution < 1.29 is 9.47 Å². The molecule has 2 rings (SSSR count). The smallest absolute Gasteiger partial charge is 0.161 e. The minimum absolute atomic E-state index is 0.103. The van der Waals surface area contributed by atoms with E-state index in [0.717, 1.165) is 24.3 Å². The third-order valence-corrected chi connectivity index (χ3v) is 4.20. The topological polar surface area (TPSA) is 48.3 Å². The van der Waals surface area contributed by atoms with Gasteiger partial charge < -0.3 is 14.8 Å². The van der Waals surface area contributed by atoms with Gasteiger partial charge in [-0.25, -0.2) is 0 Å². The predicted octanol–water partition coefficient (Wildman–Crippen LogP) is 2.30. The molecule has 0 bridgehead atoms. The Balaban J connectivity index is 2.44. The molecule has 1 aromatic heterocycles. The Labute approximate surface area is 115 Å². The third-order valence-electron chi connectivity index (χ3n) is 4.20. The van der Waals surface area contributed by atoms with Crippen LogP contribution in [0.4, 0.5) is 0 Å². The van der Waals surface area contributed by atoms with E-state index in [1.165, 1.54) is 6.42 Å². The number of aromatic nitrogens is 2. The van der Waals surface area contributed by atoms with Gasteiger partial charge >= 0.3 is 0 Å². The first-order valence-corrected chi connectivity index (χ1v) is 6.93. The van der Waals surface area contributed by atoms with Crippen molar-refractivity contribution in [2.24, 2.45) is 0 Å². The van der Waals surface area contributed by atoms with E-state index in [1.807, 2.05) is 11.7 Å². The fourth-order valence-corrected chi connectivity index (χ4v) is 2.98. The molecule has 0 spiro atoms. The van der Waals surface area contributed by atoms with Crippen LogP contribution in [0.1, 0.15) is 50.9 Å². The Morgan fingerprint density at radius 2 is 2.05 bits per heavy atom. The standard InChI is InChI=1S/C14H25N3O2/c1-10(2)17-12(11(18-4)9-16-17)13(15-3)14(19-5)7-6-8-14/h9-10,13,15H,6-8H2,1-5H3. The number of likely N-dealkylation sites (N-methyl/N-ethyl adjacent to an activating group) is 1. The van der Waals surface area contributed by atoms with Crippen LogP contribution in [0.25, 0.3) is 0 Å². The van der Waals surface area contributed by atoms with Crippen molar-refractivity contribution in [2.75, 3.05) is 21.3 Å². The number of ether oxygens (including phenoxy) is 2. The lowest BCUT2D eigenvalue weighted by molar-refractivity contribution is -0.100. The number of methoxy groups -OCH3 is 2. The lowest BCUT2D eigenvalue weighted by Crippen LogP contribution is -2.50. The molecule has 0 radical (unpaired) electrons. The molecule has 1 atom stereocenters. The summed E-state index contributed by atoms with van der Waals surface area (Å²) in [6.45, 7) is 4.26. The number of rotatable bonds is 6. The maximum atomic E-state index is 5.83. The number of hydrogen-bond donors (Lipinski definition) is 1. The SMILES string of the molecule is CNC(c1c(OC)cnn1C(C)C)C1(OC)CCC1. The summed E-state index contributed by atoms with van der Waals surface area (Å²) in [7, 11) is 5.46. The van der Waals surface area contributed by atoms with Gasteiger partial charge in [0, 0.05) is 13.2 Å². The first-order valence-electron chi connectivity index (χ1n) is 6.93. The monoisotopic (exact) mass is 267 g/mol. The van der Waals surface area contributed by atoms with E-state index in [9.17, 15) is 0 Å². The molecule has 108 valence electrons. The molecule has 1 aromatic rings. The average molecular weight is 267 g/mol. The van der Waals surface area contributed by atoms with Gasteiger partial charge in [-0.05, 0) is 40.2 Å². The van der Waals surface area contributed by atoms with Crippen molar-refractivity contribution in [3.8, 4) is 5.75 Å². The highest BCUT2D eigenvalue weighted by Crippen LogP contribution is 2.47. The summed E-state index contributed by atoms with van der Waals surface area (Å²) in [5.74, 6) is 0.830. The van der Waals surface area contributed by atoms with E-state index in [4.69, 9.17) is 9.47 Å². The van der Waals surface area contributed by atoms with Gasteiger partial charge in [0.2, 0.25) is 0 Å². The molecule has 1 fully saturated rings. The molecule has 1 unspecified atom stereocenters. The molecule has 5 heteroatoms. The summed E-state index contributed by atoms with van der Waals surface area (Å²) < 4.78 is 13.3. The van der Waals surface area contributed by atoms with Crippen molar-refractivity contribution >= 4 is 0 Å². The molecule has 0 aromatic carbocycles. The summed E-state index contributed by atoms with van der Waals surface area (Å²) in [5.41, 5.74) is 0.955. The number of hydrogen-bond acceptors (Lipinski definition) is 4. The predicted molar refractivity (Wildman–Crippen MR) is 74.6 cm³/mol. The van der Waals surface area contributed by atoms with E-state index in [1.54, 1.807) is 20.4 Å². The Hall–Kier alpha value is -1.07. The van der Waals surface area contributed by atoms with Crippen LogP contribution in [0.5, 0.6) is 5.75 Å². The Kier molecular flexibility index (Phi) is 4.16. The zero-order valence-corrected chi connectivity index (χ0v) is 12.6. The van der Waals surface area contributed by atoms with Crippen LogP contribution >= 0.6 is 0 Å². The van der Waals surface area contributed by atoms with Gasteiger partial charge in [0.05, 0.1) is 24.9 Å². The summed E-state index contributed by atoms with van der Waals surface area (Å²) >= 11 is 0. The quantitative estimate of drug-likeness (QED) is 0.859. The largest absolute Gasteiger partial charge is 0.493 e. The molecule has 1 saturated carbocycles. The molecule has 1 aliphatic rings. The Morgan fingerprint density at radius 3 is 2.42 bits per heavy atom. The van der Waals surface area contributed by atoms with Gasteiger partial charge in [0.15, 0.2) is 5.75 Å². The highest BCUT2D eigenvalue weighted by molar-refractivity contribution is 5.32. The number of nitrogens with zero attached hydrogens (tertiary/aromatic N) is 2. The molecular formula is C14H25N3O2. The second kappa shape index (κ2) is 5.51. The molecule has 1 heterocycles. The summed E-state index contributed by atoms with van der Waals surface area (Å²) in [5, 5.41) is 7.86. The fourth-order valence-electron chi connectivity index (χ4n) is 2.98. The molecule has 19 heavy (non-hydrogen) atoms. The van der Waals surface area contributed by atoms with Gasteiger partial charge in [-0.1, -0.05) is 0 Å². The van der Waals surface area contributed by atoms with Gasteiger partial charge in [-0.3, -0.25) is 4.68 Å². The Morgan fingerprint density at radius 1 is 1.37 bits per heavy atom. The van der Waals surface area contributed by atoms with Crippen molar-refractivity contribution in [3.63, 3.8) is 0 Å². The van der Waals surface area contributed by atoms with Crippen molar-refractivity contribution in [3.05, 3.63) is 11.9 Å². The van der Waals surface area contributed by atoms with Crippen LogP contribution < -0.4 is 10.1 Å². The lowest BCUT2D eigenvalue weighted by Gasteiger charge is -2.46. The van der Waals surface area contributed by atoms with E-state index in [-0.39, 0.29) is 11.6 Å². The summed E-state index contributed by atoms with van der Waals surface area (Å²) in [6, 6.07) is 0.398.